The molecular formula is C13H12N2. The second-order valence-corrected chi connectivity index (χ2v) is 3.87. The molecule has 0 aliphatic heterocycles. The molecule has 0 saturated carbocycles. The highest BCUT2D eigenvalue weighted by Gasteiger charge is 2.06. The molecule has 1 aromatic heterocycles. The summed E-state index contributed by atoms with van der Waals surface area (Å²) in [5.41, 5.74) is 10.2. The molecule has 2 heteroatoms. The number of aryl methyl sites for hydroxylation is 1. The normalized spacial score (nSPS) is 11.3. The Bertz CT molecular complexity index is 650. The predicted molar refractivity (Wildman–Crippen MR) is 65.0 cm³/mol. The molecule has 0 aliphatic rings. The number of aromatic nitrogens is 1. The Morgan fingerprint density at radius 2 is 1.80 bits per heavy atom. The third kappa shape index (κ3) is 1.05. The molecular weight excluding hydrogens is 184 g/mol. The maximum Gasteiger partial charge on any atom is 0.0515 e. The van der Waals surface area contributed by atoms with Gasteiger partial charge in [0.05, 0.1) is 5.52 Å². The average molecular weight is 196 g/mol. The van der Waals surface area contributed by atoms with Crippen molar-refractivity contribution >= 4 is 27.5 Å². The van der Waals surface area contributed by atoms with Crippen LogP contribution in [0.25, 0.3) is 21.8 Å². The lowest BCUT2D eigenvalue weighted by Crippen LogP contribution is -1.89. The summed E-state index contributed by atoms with van der Waals surface area (Å²) in [5.74, 6) is 0. The number of rotatable bonds is 0. The molecule has 0 bridgehead atoms. The van der Waals surface area contributed by atoms with E-state index in [0.717, 1.165) is 16.8 Å². The van der Waals surface area contributed by atoms with Crippen LogP contribution in [-0.2, 0) is 0 Å². The number of aromatic amines is 1. The first-order valence-electron chi connectivity index (χ1n) is 5.03. The van der Waals surface area contributed by atoms with Crippen LogP contribution < -0.4 is 5.73 Å². The number of para-hydroxylation sites is 1. The second kappa shape index (κ2) is 2.76. The van der Waals surface area contributed by atoms with E-state index in [2.05, 4.69) is 29.2 Å². The summed E-state index contributed by atoms with van der Waals surface area (Å²) < 4.78 is 0. The van der Waals surface area contributed by atoms with Gasteiger partial charge in [-0.15, -0.1) is 0 Å². The van der Waals surface area contributed by atoms with E-state index in [4.69, 9.17) is 5.73 Å². The Labute approximate surface area is 87.7 Å². The fourth-order valence-corrected chi connectivity index (χ4v) is 2.07. The third-order valence-electron chi connectivity index (χ3n) is 2.98. The zero-order valence-electron chi connectivity index (χ0n) is 8.54. The molecule has 2 nitrogen and oxygen atoms in total. The topological polar surface area (TPSA) is 41.8 Å². The van der Waals surface area contributed by atoms with Gasteiger partial charge in [0.2, 0.25) is 0 Å². The van der Waals surface area contributed by atoms with Crippen LogP contribution in [0.5, 0.6) is 0 Å². The van der Waals surface area contributed by atoms with Gasteiger partial charge in [0.15, 0.2) is 0 Å². The van der Waals surface area contributed by atoms with Gasteiger partial charge >= 0.3 is 0 Å². The smallest absolute Gasteiger partial charge is 0.0515 e. The summed E-state index contributed by atoms with van der Waals surface area (Å²) in [6.07, 6.45) is 0. The van der Waals surface area contributed by atoms with Crippen molar-refractivity contribution in [1.82, 2.24) is 4.98 Å². The van der Waals surface area contributed by atoms with E-state index in [0.29, 0.717) is 0 Å². The molecule has 0 saturated heterocycles. The minimum atomic E-state index is 0.842. The molecule has 1 heterocycles. The monoisotopic (exact) mass is 196 g/mol. The van der Waals surface area contributed by atoms with Crippen LogP contribution in [0, 0.1) is 6.92 Å². The van der Waals surface area contributed by atoms with Crippen molar-refractivity contribution in [1.29, 1.82) is 0 Å². The summed E-state index contributed by atoms with van der Waals surface area (Å²) in [6.45, 7) is 2.05. The van der Waals surface area contributed by atoms with Crippen molar-refractivity contribution in [3.05, 3.63) is 42.0 Å². The molecule has 3 N–H and O–H groups in total. The molecule has 0 fully saturated rings. The third-order valence-corrected chi connectivity index (χ3v) is 2.98. The van der Waals surface area contributed by atoms with Crippen LogP contribution in [0.3, 0.4) is 0 Å². The molecule has 0 aliphatic carbocycles. The molecule has 3 aromatic rings. The first-order valence-corrected chi connectivity index (χ1v) is 5.03. The highest BCUT2D eigenvalue weighted by Crippen LogP contribution is 2.29. The van der Waals surface area contributed by atoms with E-state index >= 15 is 0 Å². The minimum Gasteiger partial charge on any atom is -0.398 e. The summed E-state index contributed by atoms with van der Waals surface area (Å²) in [7, 11) is 0. The van der Waals surface area contributed by atoms with E-state index in [1.165, 1.54) is 16.3 Å². The van der Waals surface area contributed by atoms with Crippen LogP contribution >= 0.6 is 0 Å². The molecule has 0 amide bonds. The highest BCUT2D eigenvalue weighted by molar-refractivity contribution is 6.09. The quantitative estimate of drug-likeness (QED) is 0.532. The van der Waals surface area contributed by atoms with Crippen molar-refractivity contribution in [3.8, 4) is 0 Å². The van der Waals surface area contributed by atoms with E-state index < -0.39 is 0 Å². The molecule has 15 heavy (non-hydrogen) atoms. The Kier molecular flexibility index (Phi) is 1.54. The second-order valence-electron chi connectivity index (χ2n) is 3.87. The van der Waals surface area contributed by atoms with Gasteiger partial charge in [0.25, 0.3) is 0 Å². The van der Waals surface area contributed by atoms with Crippen LogP contribution in [0.15, 0.2) is 36.4 Å². The lowest BCUT2D eigenvalue weighted by molar-refractivity contribution is 1.45. The zero-order valence-corrected chi connectivity index (χ0v) is 8.54. The van der Waals surface area contributed by atoms with Crippen LogP contribution in [0.1, 0.15) is 5.56 Å². The molecule has 0 unspecified atom stereocenters. The summed E-state index contributed by atoms with van der Waals surface area (Å²) in [5, 5.41) is 2.51. The first-order chi connectivity index (χ1) is 7.27. The molecule has 0 atom stereocenters. The van der Waals surface area contributed by atoms with E-state index in [-0.39, 0.29) is 0 Å². The van der Waals surface area contributed by atoms with Crippen molar-refractivity contribution in [2.75, 3.05) is 5.73 Å². The summed E-state index contributed by atoms with van der Waals surface area (Å²) in [4.78, 5) is 3.41. The van der Waals surface area contributed by atoms with Gasteiger partial charge in [0, 0.05) is 22.0 Å². The number of H-pyrrole nitrogens is 1. The fraction of sp³-hybridized carbons (Fsp3) is 0.0769. The number of nitrogens with one attached hydrogen (secondary N) is 1. The van der Waals surface area contributed by atoms with Gasteiger partial charge in [-0.25, -0.2) is 0 Å². The Morgan fingerprint density at radius 1 is 1.00 bits per heavy atom. The number of fused-ring (bicyclic) bond motifs is 3. The largest absolute Gasteiger partial charge is 0.398 e. The van der Waals surface area contributed by atoms with Gasteiger partial charge < -0.3 is 10.7 Å². The Hall–Kier alpha value is -1.96. The minimum absolute atomic E-state index is 0.842. The zero-order chi connectivity index (χ0) is 10.4. The number of nitrogens with two attached hydrogens (primary N) is 1. The lowest BCUT2D eigenvalue weighted by atomic mass is 10.1. The fourth-order valence-electron chi connectivity index (χ4n) is 2.07. The van der Waals surface area contributed by atoms with Gasteiger partial charge in [-0.3, -0.25) is 0 Å². The average Bonchev–Trinajstić information content (AvgIpc) is 2.63. The Morgan fingerprint density at radius 3 is 2.67 bits per heavy atom. The number of hydrogen-bond acceptors (Lipinski definition) is 1. The number of hydrogen-bond donors (Lipinski definition) is 2. The molecule has 0 radical (unpaired) electrons. The lowest BCUT2D eigenvalue weighted by Gasteiger charge is -2.00. The van der Waals surface area contributed by atoms with E-state index in [1.54, 1.807) is 0 Å². The highest BCUT2D eigenvalue weighted by atomic mass is 14.7. The Balaban J connectivity index is 2.60. The van der Waals surface area contributed by atoms with Crippen LogP contribution in [0.4, 0.5) is 5.69 Å². The maximum atomic E-state index is 5.89. The molecule has 2 aromatic carbocycles. The number of nitrogen functional groups attached to an aromatic ring is 1. The van der Waals surface area contributed by atoms with E-state index in [9.17, 15) is 0 Å². The van der Waals surface area contributed by atoms with Crippen molar-refractivity contribution in [2.24, 2.45) is 0 Å². The number of anilines is 1. The van der Waals surface area contributed by atoms with Gasteiger partial charge in [-0.1, -0.05) is 24.3 Å². The molecule has 0 spiro atoms. The predicted octanol–water partition coefficient (Wildman–Crippen LogP) is 3.21. The van der Waals surface area contributed by atoms with Gasteiger partial charge in [0.1, 0.15) is 0 Å². The van der Waals surface area contributed by atoms with Crippen molar-refractivity contribution < 1.29 is 0 Å². The molecule has 3 rings (SSSR count). The number of benzene rings is 2. The summed E-state index contributed by atoms with van der Waals surface area (Å²) in [6, 6.07) is 12.4. The standard InChI is InChI=1S/C13H12N2/c1-8-11(14)7-6-10-9-4-2-3-5-12(9)15-13(8)10/h2-7,15H,14H2,1H3. The molecule has 74 valence electrons. The SMILES string of the molecule is Cc1c(N)ccc2c1[nH]c1ccccc12. The van der Waals surface area contributed by atoms with Crippen molar-refractivity contribution in [2.45, 2.75) is 6.92 Å². The van der Waals surface area contributed by atoms with Gasteiger partial charge in [-0.05, 0) is 24.6 Å². The maximum absolute atomic E-state index is 5.89. The van der Waals surface area contributed by atoms with Crippen LogP contribution in [-0.4, -0.2) is 4.98 Å². The first kappa shape index (κ1) is 8.36. The van der Waals surface area contributed by atoms with Gasteiger partial charge in [-0.2, -0.15) is 0 Å². The summed E-state index contributed by atoms with van der Waals surface area (Å²) >= 11 is 0. The van der Waals surface area contributed by atoms with Crippen LogP contribution in [0.2, 0.25) is 0 Å². The van der Waals surface area contributed by atoms with Crippen molar-refractivity contribution in [3.63, 3.8) is 0 Å². The van der Waals surface area contributed by atoms with E-state index in [1.807, 2.05) is 19.1 Å².